The number of aromatic hydroxyl groups is 1. The Morgan fingerprint density at radius 2 is 1.09 bits per heavy atom. The largest absolute Gasteiger partial charge is 0.508 e. The summed E-state index contributed by atoms with van der Waals surface area (Å²) in [6.45, 7) is 0. The normalized spacial score (nSPS) is 13.5. The van der Waals surface area contributed by atoms with Crippen LogP contribution in [0.15, 0.2) is 78.9 Å². The van der Waals surface area contributed by atoms with E-state index in [1.165, 1.54) is 6.07 Å². The second-order valence-corrected chi connectivity index (χ2v) is 5.44. The van der Waals surface area contributed by atoms with Crippen molar-refractivity contribution in [1.29, 1.82) is 0 Å². The smallest absolute Gasteiger partial charge is 0.121 e. The molecular formula is C20H18O3. The molecule has 0 saturated heterocycles. The number of hydrogen-bond acceptors (Lipinski definition) is 3. The summed E-state index contributed by atoms with van der Waals surface area (Å²) < 4.78 is 0. The molecule has 0 saturated carbocycles. The van der Waals surface area contributed by atoms with Crippen molar-refractivity contribution in [3.8, 4) is 5.75 Å². The monoisotopic (exact) mass is 306 g/mol. The van der Waals surface area contributed by atoms with Crippen LogP contribution in [0, 0.1) is 0 Å². The molecule has 3 heteroatoms. The van der Waals surface area contributed by atoms with Crippen LogP contribution in [0.3, 0.4) is 0 Å². The molecule has 0 aliphatic heterocycles. The maximum Gasteiger partial charge on any atom is 0.121 e. The van der Waals surface area contributed by atoms with Gasteiger partial charge in [0.15, 0.2) is 0 Å². The third-order valence-corrected chi connectivity index (χ3v) is 3.89. The number of benzene rings is 3. The average Bonchev–Trinajstić information content (AvgIpc) is 2.62. The highest BCUT2D eigenvalue weighted by atomic mass is 16.3. The Labute approximate surface area is 135 Å². The summed E-state index contributed by atoms with van der Waals surface area (Å²) in [5, 5.41) is 31.1. The van der Waals surface area contributed by atoms with Crippen molar-refractivity contribution >= 4 is 0 Å². The predicted octanol–water partition coefficient (Wildman–Crippen LogP) is 3.56. The van der Waals surface area contributed by atoms with E-state index in [0.717, 1.165) is 5.56 Å². The van der Waals surface area contributed by atoms with E-state index in [-0.39, 0.29) is 5.75 Å². The summed E-state index contributed by atoms with van der Waals surface area (Å²) in [6.07, 6.45) is -1.75. The van der Waals surface area contributed by atoms with Crippen molar-refractivity contribution in [2.24, 2.45) is 0 Å². The Morgan fingerprint density at radius 1 is 0.565 bits per heavy atom. The van der Waals surface area contributed by atoms with Crippen molar-refractivity contribution in [3.05, 3.63) is 101 Å². The van der Waals surface area contributed by atoms with Crippen molar-refractivity contribution in [2.75, 3.05) is 0 Å². The Kier molecular flexibility index (Phi) is 4.42. The molecule has 2 unspecified atom stereocenters. The van der Waals surface area contributed by atoms with Crippen LogP contribution in [-0.4, -0.2) is 15.3 Å². The lowest BCUT2D eigenvalue weighted by molar-refractivity contribution is 0.210. The Bertz CT molecular complexity index is 769. The highest BCUT2D eigenvalue weighted by molar-refractivity contribution is 5.44. The Balaban J connectivity index is 1.96. The number of phenolic OH excluding ortho intramolecular Hbond substituents is 1. The van der Waals surface area contributed by atoms with Crippen molar-refractivity contribution in [1.82, 2.24) is 0 Å². The molecule has 0 amide bonds. The Morgan fingerprint density at radius 3 is 1.65 bits per heavy atom. The first-order valence-electron chi connectivity index (χ1n) is 7.45. The summed E-state index contributed by atoms with van der Waals surface area (Å²) in [4.78, 5) is 0. The van der Waals surface area contributed by atoms with Gasteiger partial charge < -0.3 is 15.3 Å². The molecule has 3 N–H and O–H groups in total. The van der Waals surface area contributed by atoms with Crippen LogP contribution in [0.2, 0.25) is 0 Å². The van der Waals surface area contributed by atoms with E-state index in [9.17, 15) is 15.3 Å². The molecule has 0 aliphatic rings. The van der Waals surface area contributed by atoms with E-state index in [4.69, 9.17) is 0 Å². The van der Waals surface area contributed by atoms with E-state index < -0.39 is 12.2 Å². The van der Waals surface area contributed by atoms with Crippen LogP contribution in [0.5, 0.6) is 5.75 Å². The maximum atomic E-state index is 10.5. The summed E-state index contributed by atoms with van der Waals surface area (Å²) in [5.74, 6) is 0.00497. The van der Waals surface area contributed by atoms with Gasteiger partial charge in [0, 0.05) is 5.56 Å². The van der Waals surface area contributed by atoms with Crippen LogP contribution in [-0.2, 0) is 0 Å². The van der Waals surface area contributed by atoms with E-state index in [1.54, 1.807) is 24.3 Å². The molecule has 3 aromatic carbocycles. The topological polar surface area (TPSA) is 60.7 Å². The molecule has 2 atom stereocenters. The highest BCUT2D eigenvalue weighted by Crippen LogP contribution is 2.33. The molecule has 0 radical (unpaired) electrons. The molecular weight excluding hydrogens is 288 g/mol. The van der Waals surface area contributed by atoms with E-state index in [2.05, 4.69) is 0 Å². The van der Waals surface area contributed by atoms with Crippen molar-refractivity contribution in [3.63, 3.8) is 0 Å². The first kappa shape index (κ1) is 15.3. The van der Waals surface area contributed by atoms with Crippen LogP contribution in [0.25, 0.3) is 0 Å². The molecule has 3 rings (SSSR count). The van der Waals surface area contributed by atoms with Gasteiger partial charge in [0.1, 0.15) is 18.0 Å². The minimum Gasteiger partial charge on any atom is -0.508 e. The lowest BCUT2D eigenvalue weighted by atomic mass is 9.95. The van der Waals surface area contributed by atoms with Gasteiger partial charge in [-0.15, -0.1) is 0 Å². The third kappa shape index (κ3) is 3.26. The number of aliphatic hydroxyl groups excluding tert-OH is 2. The third-order valence-electron chi connectivity index (χ3n) is 3.89. The van der Waals surface area contributed by atoms with Gasteiger partial charge >= 0.3 is 0 Å². The van der Waals surface area contributed by atoms with Gasteiger partial charge in [-0.1, -0.05) is 66.7 Å². The number of aliphatic hydroxyl groups is 2. The molecule has 0 spiro atoms. The van der Waals surface area contributed by atoms with E-state index in [0.29, 0.717) is 16.7 Å². The van der Waals surface area contributed by atoms with Crippen LogP contribution >= 0.6 is 0 Å². The van der Waals surface area contributed by atoms with Crippen LogP contribution < -0.4 is 0 Å². The average molecular weight is 306 g/mol. The van der Waals surface area contributed by atoms with Gasteiger partial charge in [0.2, 0.25) is 0 Å². The first-order chi connectivity index (χ1) is 11.2. The standard InChI is InChI=1S/C20H18O3/c21-18-12-11-16(19(22)14-7-3-1-4-8-14)13-17(18)20(23)15-9-5-2-6-10-15/h1-13,19-23H. The van der Waals surface area contributed by atoms with Gasteiger partial charge in [0.25, 0.3) is 0 Å². The van der Waals surface area contributed by atoms with Crippen molar-refractivity contribution < 1.29 is 15.3 Å². The zero-order chi connectivity index (χ0) is 16.2. The van der Waals surface area contributed by atoms with Crippen LogP contribution in [0.4, 0.5) is 0 Å². The second kappa shape index (κ2) is 6.65. The lowest BCUT2D eigenvalue weighted by Gasteiger charge is -2.17. The molecule has 23 heavy (non-hydrogen) atoms. The SMILES string of the molecule is Oc1ccc(C(O)c2ccccc2)cc1C(O)c1ccccc1. The lowest BCUT2D eigenvalue weighted by Crippen LogP contribution is -2.04. The Hall–Kier alpha value is -2.62. The number of hydrogen-bond donors (Lipinski definition) is 3. The quantitative estimate of drug-likeness (QED) is 0.691. The van der Waals surface area contributed by atoms with Gasteiger partial charge in [-0.3, -0.25) is 0 Å². The minimum absolute atomic E-state index is 0.00497. The fourth-order valence-electron chi connectivity index (χ4n) is 2.60. The molecule has 0 aromatic heterocycles. The molecule has 0 bridgehead atoms. The second-order valence-electron chi connectivity index (χ2n) is 5.44. The predicted molar refractivity (Wildman–Crippen MR) is 89.1 cm³/mol. The number of phenols is 1. The summed E-state index contributed by atoms with van der Waals surface area (Å²) in [6, 6.07) is 23.2. The van der Waals surface area contributed by atoms with Crippen molar-refractivity contribution in [2.45, 2.75) is 12.2 Å². The summed E-state index contributed by atoms with van der Waals surface area (Å²) in [7, 11) is 0. The number of rotatable bonds is 4. The van der Waals surface area contributed by atoms with Crippen LogP contribution in [0.1, 0.15) is 34.5 Å². The highest BCUT2D eigenvalue weighted by Gasteiger charge is 2.18. The van der Waals surface area contributed by atoms with Gasteiger partial charge in [-0.2, -0.15) is 0 Å². The molecule has 3 aromatic rings. The molecule has 3 nitrogen and oxygen atoms in total. The zero-order valence-electron chi connectivity index (χ0n) is 12.5. The summed E-state index contributed by atoms with van der Waals surface area (Å²) in [5.41, 5.74) is 2.45. The molecule has 0 fully saturated rings. The fourth-order valence-corrected chi connectivity index (χ4v) is 2.60. The zero-order valence-corrected chi connectivity index (χ0v) is 12.5. The summed E-state index contributed by atoms with van der Waals surface area (Å²) >= 11 is 0. The van der Waals surface area contributed by atoms with E-state index in [1.807, 2.05) is 48.5 Å². The van der Waals surface area contributed by atoms with Gasteiger partial charge in [0.05, 0.1) is 0 Å². The molecule has 116 valence electrons. The fraction of sp³-hybridized carbons (Fsp3) is 0.100. The van der Waals surface area contributed by atoms with Gasteiger partial charge in [-0.05, 0) is 28.8 Å². The first-order valence-corrected chi connectivity index (χ1v) is 7.45. The minimum atomic E-state index is -0.945. The van der Waals surface area contributed by atoms with Gasteiger partial charge in [-0.25, -0.2) is 0 Å². The molecule has 0 heterocycles. The van der Waals surface area contributed by atoms with E-state index >= 15 is 0 Å². The molecule has 0 aliphatic carbocycles. The maximum absolute atomic E-state index is 10.5.